The van der Waals surface area contributed by atoms with Gasteiger partial charge in [-0.3, -0.25) is 14.4 Å². The zero-order valence-electron chi connectivity index (χ0n) is 34.6. The molecule has 1 fully saturated rings. The fraction of sp³-hybridized carbons (Fsp3) is 0.684. The van der Waals surface area contributed by atoms with Crippen molar-refractivity contribution in [1.29, 1.82) is 0 Å². The number of benzene rings is 1. The molecular weight excluding hydrogens is 848 g/mol. The number of carboxylic acid groups (broad SMARTS) is 1. The maximum atomic E-state index is 12.5. The summed E-state index contributed by atoms with van der Waals surface area (Å²) in [6.45, 7) is 3.99. The highest BCUT2D eigenvalue weighted by Gasteiger charge is 2.55. The molecule has 2 aromatic rings. The molecule has 62 heavy (non-hydrogen) atoms. The number of carbonyl (C=O) groups excluding carboxylic acids is 3. The third kappa shape index (κ3) is 20.0. The molecule has 1 aromatic heterocycles. The van der Waals surface area contributed by atoms with Crippen molar-refractivity contribution >= 4 is 35.3 Å². The SMILES string of the molecule is CC(=O)NCCOCCOCCOCCOCc1cn(CCOCCOCCO[C@]2(C(=O)O)C[C@H](O)[C@@H](NC(=O)CO)[C@H]([C@H](O)[C@H](O)CNC(=O)Cc3ccc(Cl)cc3)O2)nn1. The summed E-state index contributed by atoms with van der Waals surface area (Å²) in [4.78, 5) is 47.8. The van der Waals surface area contributed by atoms with Gasteiger partial charge in [-0.15, -0.1) is 5.10 Å². The minimum absolute atomic E-state index is 0.0702. The summed E-state index contributed by atoms with van der Waals surface area (Å²) in [6, 6.07) is 5.00. The number of aliphatic hydroxyl groups is 4. The average Bonchev–Trinajstić information content (AvgIpc) is 3.70. The van der Waals surface area contributed by atoms with E-state index in [1.54, 1.807) is 35.1 Å². The molecule has 0 saturated carbocycles. The van der Waals surface area contributed by atoms with Crippen LogP contribution in [0.4, 0.5) is 0 Å². The number of carbonyl (C=O) groups is 4. The minimum atomic E-state index is -2.54. The second-order valence-electron chi connectivity index (χ2n) is 13.7. The average molecular weight is 907 g/mol. The van der Waals surface area contributed by atoms with Crippen molar-refractivity contribution < 1.29 is 82.6 Å². The number of hydrogen-bond donors (Lipinski definition) is 8. The lowest BCUT2D eigenvalue weighted by atomic mass is 9.88. The van der Waals surface area contributed by atoms with Crippen molar-refractivity contribution in [3.05, 3.63) is 46.7 Å². The van der Waals surface area contributed by atoms with Crippen LogP contribution in [0, 0.1) is 0 Å². The molecule has 350 valence electrons. The molecule has 0 bridgehead atoms. The van der Waals surface area contributed by atoms with Crippen LogP contribution in [-0.2, 0) is 76.6 Å². The van der Waals surface area contributed by atoms with Gasteiger partial charge in [-0.25, -0.2) is 9.48 Å². The molecule has 3 amide bonds. The number of aliphatic carboxylic acids is 1. The second-order valence-corrected chi connectivity index (χ2v) is 14.2. The number of aliphatic hydroxyl groups excluding tert-OH is 4. The molecule has 1 aliphatic rings. The Morgan fingerprint density at radius 2 is 1.47 bits per heavy atom. The smallest absolute Gasteiger partial charge is 0.364 e. The van der Waals surface area contributed by atoms with Crippen molar-refractivity contribution in [2.45, 2.75) is 69.2 Å². The molecule has 24 heteroatoms. The lowest BCUT2D eigenvalue weighted by Crippen LogP contribution is -2.68. The highest BCUT2D eigenvalue weighted by atomic mass is 35.5. The normalized spacial score (nSPS) is 19.7. The first-order valence-electron chi connectivity index (χ1n) is 19.9. The molecular formula is C38H59ClN6O17. The van der Waals surface area contributed by atoms with Crippen LogP contribution in [0.1, 0.15) is 24.6 Å². The van der Waals surface area contributed by atoms with Crippen LogP contribution in [0.3, 0.4) is 0 Å². The number of nitrogens with one attached hydrogen (secondary N) is 3. The lowest BCUT2D eigenvalue weighted by Gasteiger charge is -2.46. The van der Waals surface area contributed by atoms with E-state index in [2.05, 4.69) is 26.3 Å². The molecule has 1 aliphatic heterocycles. The minimum Gasteiger partial charge on any atom is -0.477 e. The zero-order chi connectivity index (χ0) is 45.2. The molecule has 1 saturated heterocycles. The number of aromatic nitrogens is 3. The van der Waals surface area contributed by atoms with Gasteiger partial charge in [0.2, 0.25) is 17.7 Å². The Hall–Kier alpha value is -3.95. The molecule has 0 spiro atoms. The van der Waals surface area contributed by atoms with Gasteiger partial charge in [-0.05, 0) is 17.7 Å². The van der Waals surface area contributed by atoms with Gasteiger partial charge in [-0.1, -0.05) is 28.9 Å². The molecule has 0 aliphatic carbocycles. The van der Waals surface area contributed by atoms with E-state index < -0.39 is 73.6 Å². The molecule has 3 rings (SSSR count). The Morgan fingerprint density at radius 3 is 2.08 bits per heavy atom. The van der Waals surface area contributed by atoms with Crippen LogP contribution >= 0.6 is 11.6 Å². The van der Waals surface area contributed by atoms with E-state index in [-0.39, 0.29) is 52.0 Å². The van der Waals surface area contributed by atoms with Gasteiger partial charge in [0.25, 0.3) is 5.79 Å². The van der Waals surface area contributed by atoms with Crippen LogP contribution in [0.2, 0.25) is 5.02 Å². The summed E-state index contributed by atoms with van der Waals surface area (Å²) >= 11 is 5.87. The van der Waals surface area contributed by atoms with Gasteiger partial charge in [0.05, 0.1) is 123 Å². The second kappa shape index (κ2) is 29.4. The van der Waals surface area contributed by atoms with E-state index in [1.807, 2.05) is 0 Å². The molecule has 0 radical (unpaired) electrons. The maximum absolute atomic E-state index is 12.5. The Bertz CT molecular complexity index is 1610. The van der Waals surface area contributed by atoms with E-state index in [4.69, 9.17) is 49.5 Å². The number of rotatable bonds is 33. The zero-order valence-corrected chi connectivity index (χ0v) is 35.3. The van der Waals surface area contributed by atoms with Crippen molar-refractivity contribution in [3.63, 3.8) is 0 Å². The van der Waals surface area contributed by atoms with E-state index >= 15 is 0 Å². The molecule has 8 N–H and O–H groups in total. The first kappa shape index (κ1) is 52.4. The van der Waals surface area contributed by atoms with Crippen molar-refractivity contribution in [2.75, 3.05) is 99.0 Å². The van der Waals surface area contributed by atoms with Crippen molar-refractivity contribution in [2.24, 2.45) is 0 Å². The third-order valence-corrected chi connectivity index (χ3v) is 9.11. The van der Waals surface area contributed by atoms with Crippen molar-refractivity contribution in [1.82, 2.24) is 30.9 Å². The summed E-state index contributed by atoms with van der Waals surface area (Å²) in [5.41, 5.74) is 1.25. The number of nitrogens with zero attached hydrogens (tertiary/aromatic N) is 3. The van der Waals surface area contributed by atoms with E-state index in [9.17, 15) is 44.7 Å². The standard InChI is InChI=1S/C38H59ClN6O17/c1-26(47)40-6-8-55-10-12-57-14-15-58-16-17-60-25-29-23-45(44-43-29)7-9-56-11-13-59-18-19-61-38(37(53)54)21-30(48)34(42-33(51)24-46)36(62-38)35(52)31(49)22-41-32(50)20-27-2-4-28(39)5-3-27/h2-5,23,30-31,34-36,46,48-49,52H,6-22,24-25H2,1H3,(H,40,47)(H,41,50)(H,42,51)(H,53,54)/t30-,31+,34+,35+,36+,38+/m0/s1. The lowest BCUT2D eigenvalue weighted by molar-refractivity contribution is -0.312. The number of halogens is 1. The summed E-state index contributed by atoms with van der Waals surface area (Å²) in [7, 11) is 0. The predicted octanol–water partition coefficient (Wildman–Crippen LogP) is -2.83. The Labute approximate surface area is 363 Å². The fourth-order valence-electron chi connectivity index (χ4n) is 5.75. The first-order valence-corrected chi connectivity index (χ1v) is 20.3. The molecule has 1 aromatic carbocycles. The Morgan fingerprint density at radius 1 is 0.871 bits per heavy atom. The number of hydrogen-bond acceptors (Lipinski definition) is 18. The Balaban J connectivity index is 1.31. The number of carboxylic acids is 1. The summed E-state index contributed by atoms with van der Waals surface area (Å²) in [6.07, 6.45) is -6.24. The van der Waals surface area contributed by atoms with E-state index in [0.29, 0.717) is 75.6 Å². The van der Waals surface area contributed by atoms with Gasteiger partial charge < -0.3 is 79.4 Å². The van der Waals surface area contributed by atoms with E-state index in [0.717, 1.165) is 0 Å². The Kier molecular flexibility index (Phi) is 24.9. The number of ether oxygens (including phenoxy) is 8. The highest BCUT2D eigenvalue weighted by Crippen LogP contribution is 2.33. The fourth-order valence-corrected chi connectivity index (χ4v) is 5.88. The number of amides is 3. The quantitative estimate of drug-likeness (QED) is 0.0335. The van der Waals surface area contributed by atoms with Crippen LogP contribution in [-0.4, -0.2) is 199 Å². The van der Waals surface area contributed by atoms with Gasteiger partial charge in [0, 0.05) is 31.5 Å². The van der Waals surface area contributed by atoms with Gasteiger partial charge >= 0.3 is 5.97 Å². The van der Waals surface area contributed by atoms with Gasteiger partial charge in [0.15, 0.2) is 0 Å². The summed E-state index contributed by atoms with van der Waals surface area (Å²) in [5.74, 6) is -5.78. The molecule has 0 unspecified atom stereocenters. The molecule has 2 heterocycles. The van der Waals surface area contributed by atoms with E-state index in [1.165, 1.54) is 6.92 Å². The largest absolute Gasteiger partial charge is 0.477 e. The maximum Gasteiger partial charge on any atom is 0.364 e. The molecule has 23 nitrogen and oxygen atoms in total. The topological polar surface area (TPSA) is 310 Å². The third-order valence-electron chi connectivity index (χ3n) is 8.86. The van der Waals surface area contributed by atoms with Gasteiger partial charge in [0.1, 0.15) is 24.5 Å². The molecule has 6 atom stereocenters. The van der Waals surface area contributed by atoms with Crippen LogP contribution in [0.15, 0.2) is 30.5 Å². The monoisotopic (exact) mass is 906 g/mol. The summed E-state index contributed by atoms with van der Waals surface area (Å²) in [5, 5.41) is 68.2. The van der Waals surface area contributed by atoms with Crippen LogP contribution in [0.5, 0.6) is 0 Å². The van der Waals surface area contributed by atoms with Crippen molar-refractivity contribution in [3.8, 4) is 0 Å². The van der Waals surface area contributed by atoms with Gasteiger partial charge in [-0.2, -0.15) is 0 Å². The predicted molar refractivity (Wildman–Crippen MR) is 213 cm³/mol. The first-order chi connectivity index (χ1) is 29.8. The van der Waals surface area contributed by atoms with Crippen LogP contribution in [0.25, 0.3) is 0 Å². The highest BCUT2D eigenvalue weighted by molar-refractivity contribution is 6.30. The summed E-state index contributed by atoms with van der Waals surface area (Å²) < 4.78 is 45.7. The van der Waals surface area contributed by atoms with Crippen LogP contribution < -0.4 is 16.0 Å².